The molecule has 3 aromatic rings. The maximum atomic E-state index is 14.8. The number of aryl methyl sites for hydroxylation is 2. The van der Waals surface area contributed by atoms with Crippen LogP contribution in [0.2, 0.25) is 0 Å². The van der Waals surface area contributed by atoms with Gasteiger partial charge in [0.1, 0.15) is 5.69 Å². The Morgan fingerprint density at radius 3 is 2.43 bits per heavy atom. The third kappa shape index (κ3) is 3.91. The molecule has 7 heteroatoms. The van der Waals surface area contributed by atoms with E-state index in [1.165, 1.54) is 6.07 Å². The summed E-state index contributed by atoms with van der Waals surface area (Å²) in [6, 6.07) is 14.4. The average molecular weight is 472 g/mol. The highest BCUT2D eigenvalue weighted by Crippen LogP contribution is 2.37. The Kier molecular flexibility index (Phi) is 5.75. The molecule has 1 amide bonds. The molecular formula is C23H23BrFN3O2. The fraction of sp³-hybridized carbons (Fsp3) is 0.304. The van der Waals surface area contributed by atoms with Crippen molar-refractivity contribution in [1.29, 1.82) is 0 Å². The molecule has 4 rings (SSSR count). The molecule has 30 heavy (non-hydrogen) atoms. The quantitative estimate of drug-likeness (QED) is 0.577. The predicted octanol–water partition coefficient (Wildman–Crippen LogP) is 5.08. The van der Waals surface area contributed by atoms with Crippen LogP contribution in [0.4, 0.5) is 10.1 Å². The molecular weight excluding hydrogens is 449 g/mol. The van der Waals surface area contributed by atoms with Crippen molar-refractivity contribution >= 4 is 27.5 Å². The van der Waals surface area contributed by atoms with Gasteiger partial charge in [0.25, 0.3) is 0 Å². The van der Waals surface area contributed by atoms with Gasteiger partial charge < -0.3 is 10.1 Å². The van der Waals surface area contributed by atoms with Gasteiger partial charge in [0, 0.05) is 29.1 Å². The van der Waals surface area contributed by atoms with Gasteiger partial charge in [-0.25, -0.2) is 9.07 Å². The lowest BCUT2D eigenvalue weighted by molar-refractivity contribution is -0.125. The van der Waals surface area contributed by atoms with Gasteiger partial charge in [-0.05, 0) is 68.7 Å². The van der Waals surface area contributed by atoms with E-state index >= 15 is 0 Å². The van der Waals surface area contributed by atoms with Crippen molar-refractivity contribution in [2.75, 3.05) is 18.5 Å². The lowest BCUT2D eigenvalue weighted by Crippen LogP contribution is -2.44. The van der Waals surface area contributed by atoms with Crippen molar-refractivity contribution in [3.63, 3.8) is 0 Å². The van der Waals surface area contributed by atoms with E-state index in [1.807, 2.05) is 44.2 Å². The molecule has 1 aromatic heterocycles. The van der Waals surface area contributed by atoms with Crippen molar-refractivity contribution in [3.8, 4) is 5.69 Å². The first kappa shape index (κ1) is 20.8. The van der Waals surface area contributed by atoms with Crippen molar-refractivity contribution in [3.05, 3.63) is 75.8 Å². The molecule has 1 saturated heterocycles. The second kappa shape index (κ2) is 8.32. The number of carbonyl (C=O) groups excluding carboxylic acids is 1. The SMILES string of the molecule is Cc1cc(C)n(-c2ccc(NC(=O)C3(c4ccc(Br)cc4)CCOCC3)cc2F)n1. The van der Waals surface area contributed by atoms with Crippen LogP contribution in [0.5, 0.6) is 0 Å². The number of nitrogens with zero attached hydrogens (tertiary/aromatic N) is 2. The topological polar surface area (TPSA) is 56.2 Å². The largest absolute Gasteiger partial charge is 0.381 e. The lowest BCUT2D eigenvalue weighted by atomic mass is 9.73. The molecule has 0 unspecified atom stereocenters. The molecule has 0 radical (unpaired) electrons. The number of aromatic nitrogens is 2. The van der Waals surface area contributed by atoms with Crippen LogP contribution in [0.3, 0.4) is 0 Å². The molecule has 5 nitrogen and oxygen atoms in total. The maximum Gasteiger partial charge on any atom is 0.235 e. The van der Waals surface area contributed by atoms with E-state index in [0.29, 0.717) is 37.4 Å². The van der Waals surface area contributed by atoms with E-state index < -0.39 is 11.2 Å². The number of benzene rings is 2. The van der Waals surface area contributed by atoms with E-state index in [4.69, 9.17) is 4.74 Å². The highest BCUT2D eigenvalue weighted by Gasteiger charge is 2.41. The third-order valence-electron chi connectivity index (χ3n) is 5.62. The summed E-state index contributed by atoms with van der Waals surface area (Å²) in [6.07, 6.45) is 1.15. The number of anilines is 1. The number of rotatable bonds is 4. The Bertz CT molecular complexity index is 1070. The Labute approximate surface area is 183 Å². The van der Waals surface area contributed by atoms with E-state index in [9.17, 15) is 9.18 Å². The molecule has 1 aliphatic rings. The number of hydrogen-bond donors (Lipinski definition) is 1. The van der Waals surface area contributed by atoms with Gasteiger partial charge in [-0.3, -0.25) is 4.79 Å². The molecule has 0 spiro atoms. The summed E-state index contributed by atoms with van der Waals surface area (Å²) in [5, 5.41) is 7.26. The Hall–Kier alpha value is -2.51. The van der Waals surface area contributed by atoms with E-state index in [1.54, 1.807) is 16.8 Å². The van der Waals surface area contributed by atoms with Crippen LogP contribution in [0.15, 0.2) is 53.0 Å². The normalized spacial score (nSPS) is 15.7. The summed E-state index contributed by atoms with van der Waals surface area (Å²) < 4.78 is 22.9. The van der Waals surface area contributed by atoms with Gasteiger partial charge in [-0.15, -0.1) is 0 Å². The van der Waals surface area contributed by atoms with Crippen LogP contribution in [-0.2, 0) is 14.9 Å². The summed E-state index contributed by atoms with van der Waals surface area (Å²) in [5.41, 5.74) is 2.67. The zero-order valence-corrected chi connectivity index (χ0v) is 18.5. The third-order valence-corrected chi connectivity index (χ3v) is 6.15. The van der Waals surface area contributed by atoms with E-state index in [0.717, 1.165) is 21.4 Å². The number of hydrogen-bond acceptors (Lipinski definition) is 3. The summed E-state index contributed by atoms with van der Waals surface area (Å²) in [7, 11) is 0. The van der Waals surface area contributed by atoms with Crippen LogP contribution in [0.1, 0.15) is 29.8 Å². The monoisotopic (exact) mass is 471 g/mol. The van der Waals surface area contributed by atoms with Crippen LogP contribution in [0.25, 0.3) is 5.69 Å². The summed E-state index contributed by atoms with van der Waals surface area (Å²) in [4.78, 5) is 13.4. The van der Waals surface area contributed by atoms with Crippen molar-refractivity contribution < 1.29 is 13.9 Å². The van der Waals surface area contributed by atoms with Crippen LogP contribution in [0, 0.1) is 19.7 Å². The van der Waals surface area contributed by atoms with Crippen LogP contribution < -0.4 is 5.32 Å². The highest BCUT2D eigenvalue weighted by molar-refractivity contribution is 9.10. The molecule has 2 heterocycles. The first-order valence-corrected chi connectivity index (χ1v) is 10.7. The van der Waals surface area contributed by atoms with Crippen molar-refractivity contribution in [2.45, 2.75) is 32.1 Å². The average Bonchev–Trinajstić information content (AvgIpc) is 3.07. The number of nitrogens with one attached hydrogen (secondary N) is 1. The summed E-state index contributed by atoms with van der Waals surface area (Å²) in [5.74, 6) is -0.588. The van der Waals surface area contributed by atoms with Gasteiger partial charge in [-0.2, -0.15) is 5.10 Å². The van der Waals surface area contributed by atoms with Gasteiger partial charge in [0.15, 0.2) is 5.82 Å². The van der Waals surface area contributed by atoms with Crippen LogP contribution >= 0.6 is 15.9 Å². The number of carbonyl (C=O) groups is 1. The lowest BCUT2D eigenvalue weighted by Gasteiger charge is -2.36. The maximum absolute atomic E-state index is 14.8. The minimum Gasteiger partial charge on any atom is -0.381 e. The number of ether oxygens (including phenoxy) is 1. The molecule has 0 atom stereocenters. The molecule has 0 aliphatic carbocycles. The predicted molar refractivity (Wildman–Crippen MR) is 117 cm³/mol. The second-order valence-corrected chi connectivity index (χ2v) is 8.58. The van der Waals surface area contributed by atoms with Gasteiger partial charge >= 0.3 is 0 Å². The molecule has 0 saturated carbocycles. The van der Waals surface area contributed by atoms with Crippen LogP contribution in [-0.4, -0.2) is 28.9 Å². The second-order valence-electron chi connectivity index (χ2n) is 7.66. The summed E-state index contributed by atoms with van der Waals surface area (Å²) >= 11 is 3.44. The minimum absolute atomic E-state index is 0.147. The van der Waals surface area contributed by atoms with Gasteiger partial charge in [0.2, 0.25) is 5.91 Å². The van der Waals surface area contributed by atoms with Gasteiger partial charge in [0.05, 0.1) is 11.1 Å². The molecule has 1 aliphatic heterocycles. The zero-order valence-electron chi connectivity index (χ0n) is 16.9. The molecule has 2 aromatic carbocycles. The fourth-order valence-electron chi connectivity index (χ4n) is 4.02. The van der Waals surface area contributed by atoms with E-state index in [-0.39, 0.29) is 5.91 Å². The molecule has 0 bridgehead atoms. The smallest absolute Gasteiger partial charge is 0.235 e. The standard InChI is InChI=1S/C23H23BrFN3O2/c1-15-13-16(2)28(27-15)21-8-7-19(14-20(21)25)26-22(29)23(9-11-30-12-10-23)17-3-5-18(24)6-4-17/h3-8,13-14H,9-12H2,1-2H3,(H,26,29). The van der Waals surface area contributed by atoms with E-state index in [2.05, 4.69) is 26.3 Å². The molecule has 156 valence electrons. The number of halogens is 2. The Morgan fingerprint density at radius 2 is 1.83 bits per heavy atom. The summed E-state index contributed by atoms with van der Waals surface area (Å²) in [6.45, 7) is 4.76. The Balaban J connectivity index is 1.62. The zero-order chi connectivity index (χ0) is 21.3. The molecule has 1 fully saturated rings. The fourth-order valence-corrected chi connectivity index (χ4v) is 4.28. The minimum atomic E-state index is -0.705. The first-order valence-electron chi connectivity index (χ1n) is 9.87. The molecule has 1 N–H and O–H groups in total. The Morgan fingerprint density at radius 1 is 1.13 bits per heavy atom. The van der Waals surface area contributed by atoms with Gasteiger partial charge in [-0.1, -0.05) is 28.1 Å². The highest BCUT2D eigenvalue weighted by atomic mass is 79.9. The first-order chi connectivity index (χ1) is 14.4. The number of amides is 1. The van der Waals surface area contributed by atoms with Crippen molar-refractivity contribution in [1.82, 2.24) is 9.78 Å². The van der Waals surface area contributed by atoms with Crippen molar-refractivity contribution in [2.24, 2.45) is 0 Å².